The highest BCUT2D eigenvalue weighted by Crippen LogP contribution is 2.19. The summed E-state index contributed by atoms with van der Waals surface area (Å²) in [6.07, 6.45) is 4.03. The highest BCUT2D eigenvalue weighted by Gasteiger charge is 2.21. The van der Waals surface area contributed by atoms with Gasteiger partial charge in [-0.05, 0) is 43.0 Å². The number of carbonyl (C=O) groups excluding carboxylic acids is 1. The van der Waals surface area contributed by atoms with Gasteiger partial charge in [0.05, 0.1) is 0 Å². The smallest absolute Gasteiger partial charge is 0.253 e. The minimum absolute atomic E-state index is 0.127. The van der Waals surface area contributed by atoms with Crippen LogP contribution in [0.25, 0.3) is 0 Å². The summed E-state index contributed by atoms with van der Waals surface area (Å²) in [7, 11) is 0. The van der Waals surface area contributed by atoms with Crippen molar-refractivity contribution < 1.29 is 9.53 Å². The van der Waals surface area contributed by atoms with E-state index in [0.29, 0.717) is 12.5 Å². The van der Waals surface area contributed by atoms with Crippen molar-refractivity contribution in [1.29, 1.82) is 0 Å². The van der Waals surface area contributed by atoms with Gasteiger partial charge < -0.3 is 9.64 Å². The maximum Gasteiger partial charge on any atom is 0.253 e. The van der Waals surface area contributed by atoms with E-state index in [0.717, 1.165) is 30.8 Å². The number of carbonyl (C=O) groups is 1. The van der Waals surface area contributed by atoms with Crippen LogP contribution in [0.5, 0.6) is 5.75 Å². The Morgan fingerprint density at radius 2 is 2.21 bits per heavy atom. The molecular formula is C16H21NO2. The predicted molar refractivity (Wildman–Crippen MR) is 76.4 cm³/mol. The SMILES string of the molecule is C=CCOc1ccc(C(=O)N2CCC[C@@H](C)C2)cc1. The van der Waals surface area contributed by atoms with Gasteiger partial charge >= 0.3 is 0 Å². The summed E-state index contributed by atoms with van der Waals surface area (Å²) in [4.78, 5) is 14.3. The van der Waals surface area contributed by atoms with Gasteiger partial charge in [0.2, 0.25) is 0 Å². The van der Waals surface area contributed by atoms with Crippen LogP contribution in [-0.4, -0.2) is 30.5 Å². The number of hydrogen-bond acceptors (Lipinski definition) is 2. The molecule has 1 atom stereocenters. The van der Waals surface area contributed by atoms with Crippen LogP contribution in [0, 0.1) is 5.92 Å². The lowest BCUT2D eigenvalue weighted by atomic mass is 9.99. The summed E-state index contributed by atoms with van der Waals surface area (Å²) in [6.45, 7) is 8.03. The second-order valence-electron chi connectivity index (χ2n) is 5.12. The van der Waals surface area contributed by atoms with Gasteiger partial charge in [0, 0.05) is 18.7 Å². The van der Waals surface area contributed by atoms with Gasteiger partial charge in [-0.2, -0.15) is 0 Å². The molecule has 0 aromatic heterocycles. The van der Waals surface area contributed by atoms with Crippen LogP contribution in [0.1, 0.15) is 30.1 Å². The number of benzene rings is 1. The van der Waals surface area contributed by atoms with Gasteiger partial charge in [-0.3, -0.25) is 4.79 Å². The lowest BCUT2D eigenvalue weighted by Gasteiger charge is -2.31. The number of piperidine rings is 1. The fraction of sp³-hybridized carbons (Fsp3) is 0.438. The Kier molecular flexibility index (Phi) is 4.61. The average molecular weight is 259 g/mol. The molecule has 3 nitrogen and oxygen atoms in total. The molecule has 0 aliphatic carbocycles. The average Bonchev–Trinajstić information content (AvgIpc) is 2.45. The molecule has 1 fully saturated rings. The van der Waals surface area contributed by atoms with E-state index in [1.807, 2.05) is 29.2 Å². The van der Waals surface area contributed by atoms with E-state index in [4.69, 9.17) is 4.74 Å². The zero-order chi connectivity index (χ0) is 13.7. The molecule has 0 radical (unpaired) electrons. The lowest BCUT2D eigenvalue weighted by molar-refractivity contribution is 0.0683. The normalized spacial score (nSPS) is 19.0. The Bertz CT molecular complexity index is 439. The predicted octanol–water partition coefficient (Wildman–Crippen LogP) is 3.12. The van der Waals surface area contributed by atoms with Gasteiger partial charge in [0.15, 0.2) is 0 Å². The first-order valence-electron chi connectivity index (χ1n) is 6.83. The topological polar surface area (TPSA) is 29.5 Å². The summed E-state index contributed by atoms with van der Waals surface area (Å²) in [5.74, 6) is 1.50. The number of ether oxygens (including phenoxy) is 1. The van der Waals surface area contributed by atoms with E-state index in [1.165, 1.54) is 6.42 Å². The Morgan fingerprint density at radius 1 is 1.47 bits per heavy atom. The zero-order valence-corrected chi connectivity index (χ0v) is 11.5. The maximum atomic E-state index is 12.3. The maximum absolute atomic E-state index is 12.3. The first-order valence-corrected chi connectivity index (χ1v) is 6.83. The third-order valence-electron chi connectivity index (χ3n) is 3.41. The molecule has 1 heterocycles. The first kappa shape index (κ1) is 13.7. The van der Waals surface area contributed by atoms with Crippen LogP contribution in [-0.2, 0) is 0 Å². The first-order chi connectivity index (χ1) is 9.20. The van der Waals surface area contributed by atoms with E-state index >= 15 is 0 Å². The molecule has 0 saturated carbocycles. The third kappa shape index (κ3) is 3.60. The molecule has 0 spiro atoms. The molecule has 1 saturated heterocycles. The Morgan fingerprint density at radius 3 is 2.84 bits per heavy atom. The minimum Gasteiger partial charge on any atom is -0.490 e. The summed E-state index contributed by atoms with van der Waals surface area (Å²) in [5.41, 5.74) is 0.736. The molecule has 1 aliphatic heterocycles. The Hall–Kier alpha value is -1.77. The number of hydrogen-bond donors (Lipinski definition) is 0. The van der Waals surface area contributed by atoms with Crippen molar-refractivity contribution in [3.63, 3.8) is 0 Å². The second-order valence-corrected chi connectivity index (χ2v) is 5.12. The van der Waals surface area contributed by atoms with E-state index < -0.39 is 0 Å². The third-order valence-corrected chi connectivity index (χ3v) is 3.41. The zero-order valence-electron chi connectivity index (χ0n) is 11.5. The van der Waals surface area contributed by atoms with Gasteiger partial charge in [-0.25, -0.2) is 0 Å². The molecule has 0 N–H and O–H groups in total. The molecule has 1 amide bonds. The summed E-state index contributed by atoms with van der Waals surface area (Å²) >= 11 is 0. The molecule has 1 aliphatic rings. The highest BCUT2D eigenvalue weighted by atomic mass is 16.5. The van der Waals surface area contributed by atoms with Gasteiger partial charge in [0.25, 0.3) is 5.91 Å². The fourth-order valence-electron chi connectivity index (χ4n) is 2.41. The van der Waals surface area contributed by atoms with E-state index in [-0.39, 0.29) is 5.91 Å². The lowest BCUT2D eigenvalue weighted by Crippen LogP contribution is -2.39. The minimum atomic E-state index is 0.127. The molecular weight excluding hydrogens is 238 g/mol. The summed E-state index contributed by atoms with van der Waals surface area (Å²) in [6, 6.07) is 7.34. The van der Waals surface area contributed by atoms with E-state index in [9.17, 15) is 4.79 Å². The van der Waals surface area contributed by atoms with Crippen LogP contribution in [0.4, 0.5) is 0 Å². The second kappa shape index (κ2) is 6.41. The molecule has 3 heteroatoms. The van der Waals surface area contributed by atoms with Crippen molar-refractivity contribution in [2.45, 2.75) is 19.8 Å². The van der Waals surface area contributed by atoms with Crippen molar-refractivity contribution in [3.05, 3.63) is 42.5 Å². The van der Waals surface area contributed by atoms with Crippen LogP contribution < -0.4 is 4.74 Å². The van der Waals surface area contributed by atoms with Gasteiger partial charge in [0.1, 0.15) is 12.4 Å². The molecule has 0 unspecified atom stereocenters. The van der Waals surface area contributed by atoms with Crippen molar-refractivity contribution in [2.24, 2.45) is 5.92 Å². The number of amides is 1. The molecule has 1 aromatic rings. The van der Waals surface area contributed by atoms with Crippen molar-refractivity contribution in [2.75, 3.05) is 19.7 Å². The Balaban J connectivity index is 2.00. The summed E-state index contributed by atoms with van der Waals surface area (Å²) in [5, 5.41) is 0. The molecule has 2 rings (SSSR count). The van der Waals surface area contributed by atoms with Crippen LogP contribution in [0.3, 0.4) is 0 Å². The van der Waals surface area contributed by atoms with Gasteiger partial charge in [-0.15, -0.1) is 0 Å². The number of likely N-dealkylation sites (tertiary alicyclic amines) is 1. The molecule has 102 valence electrons. The van der Waals surface area contributed by atoms with Crippen molar-refractivity contribution >= 4 is 5.91 Å². The van der Waals surface area contributed by atoms with Gasteiger partial charge in [-0.1, -0.05) is 19.6 Å². The molecule has 19 heavy (non-hydrogen) atoms. The van der Waals surface area contributed by atoms with E-state index in [2.05, 4.69) is 13.5 Å². The van der Waals surface area contributed by atoms with Crippen molar-refractivity contribution in [3.8, 4) is 5.75 Å². The van der Waals surface area contributed by atoms with Crippen LogP contribution >= 0.6 is 0 Å². The standard InChI is InChI=1S/C16H21NO2/c1-3-11-19-15-8-6-14(7-9-15)16(18)17-10-4-5-13(2)12-17/h3,6-9,13H,1,4-5,10-12H2,2H3/t13-/m1/s1. The summed E-state index contributed by atoms with van der Waals surface area (Å²) < 4.78 is 5.41. The monoisotopic (exact) mass is 259 g/mol. The van der Waals surface area contributed by atoms with Crippen molar-refractivity contribution in [1.82, 2.24) is 4.90 Å². The van der Waals surface area contributed by atoms with E-state index in [1.54, 1.807) is 6.08 Å². The fourth-order valence-corrected chi connectivity index (χ4v) is 2.41. The number of rotatable bonds is 4. The largest absolute Gasteiger partial charge is 0.490 e. The van der Waals surface area contributed by atoms with Crippen LogP contribution in [0.15, 0.2) is 36.9 Å². The highest BCUT2D eigenvalue weighted by molar-refractivity contribution is 5.94. The molecule has 1 aromatic carbocycles. The van der Waals surface area contributed by atoms with Crippen LogP contribution in [0.2, 0.25) is 0 Å². The quantitative estimate of drug-likeness (QED) is 0.777. The number of nitrogens with zero attached hydrogens (tertiary/aromatic N) is 1. The molecule has 0 bridgehead atoms. The Labute approximate surface area is 114 Å².